The van der Waals surface area contributed by atoms with Crippen LogP contribution in [0.25, 0.3) is 0 Å². The van der Waals surface area contributed by atoms with Crippen molar-refractivity contribution in [3.63, 3.8) is 0 Å². The molecule has 118 valence electrons. The van der Waals surface area contributed by atoms with E-state index in [4.69, 9.17) is 0 Å². The smallest absolute Gasteiger partial charge is 0.154 e. The molecular formula is C14H24N4O2S. The first-order valence-corrected chi connectivity index (χ1v) is 9.03. The first-order valence-electron chi connectivity index (χ1n) is 7.21. The number of nitrogens with zero attached hydrogens (tertiary/aromatic N) is 3. The van der Waals surface area contributed by atoms with Crippen molar-refractivity contribution in [1.82, 2.24) is 15.5 Å². The van der Waals surface area contributed by atoms with Gasteiger partial charge in [0.15, 0.2) is 15.7 Å². The Hall–Kier alpha value is -1.21. The van der Waals surface area contributed by atoms with E-state index in [1.165, 1.54) is 0 Å². The molecule has 0 spiro atoms. The van der Waals surface area contributed by atoms with E-state index in [2.05, 4.69) is 36.3 Å². The van der Waals surface area contributed by atoms with Crippen LogP contribution in [0.5, 0.6) is 0 Å². The molecule has 1 aliphatic rings. The fourth-order valence-corrected chi connectivity index (χ4v) is 3.85. The van der Waals surface area contributed by atoms with Gasteiger partial charge in [-0.15, -0.1) is 5.10 Å². The summed E-state index contributed by atoms with van der Waals surface area (Å²) in [6.07, 6.45) is 0. The maximum Gasteiger partial charge on any atom is 0.154 e. The normalized spacial score (nSPS) is 22.3. The highest BCUT2D eigenvalue weighted by atomic mass is 32.2. The summed E-state index contributed by atoms with van der Waals surface area (Å²) < 4.78 is 23.2. The quantitative estimate of drug-likeness (QED) is 0.897. The van der Waals surface area contributed by atoms with Gasteiger partial charge in [0.2, 0.25) is 0 Å². The topological polar surface area (TPSA) is 75.2 Å². The maximum absolute atomic E-state index is 11.6. The van der Waals surface area contributed by atoms with E-state index in [0.29, 0.717) is 13.1 Å². The molecule has 1 aromatic heterocycles. The van der Waals surface area contributed by atoms with Gasteiger partial charge in [0.05, 0.1) is 17.2 Å². The highest BCUT2D eigenvalue weighted by Gasteiger charge is 2.29. The second-order valence-corrected chi connectivity index (χ2v) is 8.87. The van der Waals surface area contributed by atoms with Gasteiger partial charge < -0.3 is 10.2 Å². The molecule has 0 radical (unpaired) electrons. The van der Waals surface area contributed by atoms with Crippen molar-refractivity contribution in [2.45, 2.75) is 45.8 Å². The van der Waals surface area contributed by atoms with Gasteiger partial charge in [0.1, 0.15) is 0 Å². The highest BCUT2D eigenvalue weighted by molar-refractivity contribution is 7.91. The molecule has 1 aliphatic heterocycles. The first kappa shape index (κ1) is 16.2. The van der Waals surface area contributed by atoms with Gasteiger partial charge in [0.25, 0.3) is 0 Å². The molecule has 1 unspecified atom stereocenters. The zero-order valence-corrected chi connectivity index (χ0v) is 13.9. The molecule has 7 heteroatoms. The van der Waals surface area contributed by atoms with Gasteiger partial charge >= 0.3 is 0 Å². The minimum absolute atomic E-state index is 0.0378. The average Bonchev–Trinajstić information content (AvgIpc) is 2.35. The zero-order valence-electron chi connectivity index (χ0n) is 13.1. The second-order valence-electron chi connectivity index (χ2n) is 6.64. The van der Waals surface area contributed by atoms with Crippen molar-refractivity contribution < 1.29 is 8.42 Å². The van der Waals surface area contributed by atoms with E-state index < -0.39 is 9.84 Å². The van der Waals surface area contributed by atoms with Gasteiger partial charge in [-0.2, -0.15) is 5.10 Å². The fraction of sp³-hybridized carbons (Fsp3) is 0.714. The molecule has 21 heavy (non-hydrogen) atoms. The largest absolute Gasteiger partial charge is 0.350 e. The van der Waals surface area contributed by atoms with Crippen LogP contribution in [-0.2, 0) is 16.4 Å². The lowest BCUT2D eigenvalue weighted by Crippen LogP contribution is -2.47. The molecule has 1 saturated heterocycles. The first-order chi connectivity index (χ1) is 9.66. The number of nitrogens with one attached hydrogen (secondary N) is 1. The number of rotatable bonds is 3. The van der Waals surface area contributed by atoms with E-state index in [1.54, 1.807) is 0 Å². The summed E-state index contributed by atoms with van der Waals surface area (Å²) in [7, 11) is -2.91. The summed E-state index contributed by atoms with van der Waals surface area (Å²) in [5.41, 5.74) is 0.918. The lowest BCUT2D eigenvalue weighted by atomic mass is 10.1. The van der Waals surface area contributed by atoms with Gasteiger partial charge in [0, 0.05) is 24.7 Å². The fourth-order valence-electron chi connectivity index (χ4n) is 2.30. The Morgan fingerprint density at radius 3 is 2.57 bits per heavy atom. The van der Waals surface area contributed by atoms with Crippen LogP contribution in [0.1, 0.15) is 33.4 Å². The Labute approximate surface area is 126 Å². The third kappa shape index (κ3) is 4.64. The number of anilines is 1. The maximum atomic E-state index is 11.6. The minimum atomic E-state index is -2.91. The van der Waals surface area contributed by atoms with Crippen LogP contribution in [0.3, 0.4) is 0 Å². The SMILES string of the molecule is CC1CS(=O)(=O)CCN1c1ccc(CNC(C)(C)C)nn1. The molecular weight excluding hydrogens is 288 g/mol. The predicted octanol–water partition coefficient (Wildman–Crippen LogP) is 0.988. The summed E-state index contributed by atoms with van der Waals surface area (Å²) in [5.74, 6) is 1.12. The third-order valence-corrected chi connectivity index (χ3v) is 5.27. The van der Waals surface area contributed by atoms with Crippen LogP contribution in [0.4, 0.5) is 5.82 Å². The second kappa shape index (κ2) is 5.88. The Bertz CT molecular complexity index is 578. The minimum Gasteiger partial charge on any atom is -0.350 e. The molecule has 0 amide bonds. The summed E-state index contributed by atoms with van der Waals surface area (Å²) in [6, 6.07) is 3.80. The van der Waals surface area contributed by atoms with Crippen LogP contribution in [-0.4, -0.2) is 48.2 Å². The summed E-state index contributed by atoms with van der Waals surface area (Å²) in [6.45, 7) is 9.37. The van der Waals surface area contributed by atoms with Crippen molar-refractivity contribution in [3.8, 4) is 0 Å². The molecule has 2 rings (SSSR count). The molecule has 0 aromatic carbocycles. The van der Waals surface area contributed by atoms with Crippen LogP contribution in [0.2, 0.25) is 0 Å². The molecule has 6 nitrogen and oxygen atoms in total. The lowest BCUT2D eigenvalue weighted by molar-refractivity contribution is 0.420. The van der Waals surface area contributed by atoms with Crippen LogP contribution >= 0.6 is 0 Å². The molecule has 0 bridgehead atoms. The van der Waals surface area contributed by atoms with E-state index >= 15 is 0 Å². The Morgan fingerprint density at radius 2 is 2.05 bits per heavy atom. The van der Waals surface area contributed by atoms with Crippen LogP contribution < -0.4 is 10.2 Å². The molecule has 1 N–H and O–H groups in total. The van der Waals surface area contributed by atoms with Crippen molar-refractivity contribution in [1.29, 1.82) is 0 Å². The predicted molar refractivity (Wildman–Crippen MR) is 84.1 cm³/mol. The molecule has 0 aliphatic carbocycles. The summed E-state index contributed by atoms with van der Waals surface area (Å²) >= 11 is 0. The Balaban J connectivity index is 2.02. The highest BCUT2D eigenvalue weighted by Crippen LogP contribution is 2.18. The zero-order chi connectivity index (χ0) is 15.7. The Kier molecular flexibility index (Phi) is 4.53. The van der Waals surface area contributed by atoms with Gasteiger partial charge in [-0.3, -0.25) is 0 Å². The Morgan fingerprint density at radius 1 is 1.33 bits per heavy atom. The van der Waals surface area contributed by atoms with E-state index in [9.17, 15) is 8.42 Å². The van der Waals surface area contributed by atoms with Crippen molar-refractivity contribution in [3.05, 3.63) is 17.8 Å². The lowest BCUT2D eigenvalue weighted by Gasteiger charge is -2.33. The van der Waals surface area contributed by atoms with E-state index in [0.717, 1.165) is 11.5 Å². The van der Waals surface area contributed by atoms with Gasteiger partial charge in [-0.25, -0.2) is 8.42 Å². The van der Waals surface area contributed by atoms with E-state index in [-0.39, 0.29) is 23.1 Å². The molecule has 0 saturated carbocycles. The van der Waals surface area contributed by atoms with Crippen LogP contribution in [0, 0.1) is 0 Å². The molecule has 1 aromatic rings. The summed E-state index contributed by atoms with van der Waals surface area (Å²) in [4.78, 5) is 2.01. The molecule has 1 atom stereocenters. The van der Waals surface area contributed by atoms with E-state index in [1.807, 2.05) is 24.0 Å². The average molecular weight is 312 g/mol. The number of hydrogen-bond donors (Lipinski definition) is 1. The monoisotopic (exact) mass is 312 g/mol. The third-order valence-electron chi connectivity index (χ3n) is 3.47. The number of hydrogen-bond acceptors (Lipinski definition) is 6. The van der Waals surface area contributed by atoms with Crippen LogP contribution in [0.15, 0.2) is 12.1 Å². The van der Waals surface area contributed by atoms with Gasteiger partial charge in [-0.05, 0) is 39.8 Å². The standard InChI is InChI=1S/C14H24N4O2S/c1-11-10-21(19,20)8-7-18(11)13-6-5-12(16-17-13)9-15-14(2,3)4/h5-6,11,15H,7-10H2,1-4H3. The number of sulfone groups is 1. The van der Waals surface area contributed by atoms with Crippen molar-refractivity contribution in [2.75, 3.05) is 23.0 Å². The molecule has 2 heterocycles. The molecule has 1 fully saturated rings. The summed E-state index contributed by atoms with van der Waals surface area (Å²) in [5, 5.41) is 11.8. The number of aromatic nitrogens is 2. The van der Waals surface area contributed by atoms with Crippen molar-refractivity contribution >= 4 is 15.7 Å². The van der Waals surface area contributed by atoms with Gasteiger partial charge in [-0.1, -0.05) is 0 Å². The van der Waals surface area contributed by atoms with Crippen molar-refractivity contribution in [2.24, 2.45) is 0 Å².